The molecule has 2 aliphatic carbocycles. The lowest BCUT2D eigenvalue weighted by Crippen LogP contribution is -2.64. The Morgan fingerprint density at radius 3 is 2.94 bits per heavy atom. The highest BCUT2D eigenvalue weighted by molar-refractivity contribution is 5.45. The molecular weight excluding hydrogens is 224 g/mol. The van der Waals surface area contributed by atoms with Gasteiger partial charge in [0.1, 0.15) is 0 Å². The van der Waals surface area contributed by atoms with E-state index in [0.717, 1.165) is 18.7 Å². The Hall–Kier alpha value is -1.09. The van der Waals surface area contributed by atoms with Crippen molar-refractivity contribution in [2.75, 3.05) is 11.9 Å². The average molecular weight is 246 g/mol. The van der Waals surface area contributed by atoms with Crippen molar-refractivity contribution in [2.24, 2.45) is 5.41 Å². The lowest BCUT2D eigenvalue weighted by molar-refractivity contribution is -0.157. The Kier molecular flexibility index (Phi) is 3.02. The number of nitrogens with one attached hydrogen (secondary N) is 1. The van der Waals surface area contributed by atoms with E-state index in [-0.39, 0.29) is 0 Å². The lowest BCUT2D eigenvalue weighted by Gasteiger charge is -2.61. The van der Waals surface area contributed by atoms with Crippen molar-refractivity contribution in [1.82, 2.24) is 4.98 Å². The molecule has 2 aliphatic rings. The zero-order chi connectivity index (χ0) is 12.6. The highest BCUT2D eigenvalue weighted by Crippen LogP contribution is 2.58. The van der Waals surface area contributed by atoms with E-state index in [1.807, 2.05) is 13.1 Å². The second kappa shape index (κ2) is 4.54. The second-order valence-electron chi connectivity index (χ2n) is 5.65. The second-order valence-corrected chi connectivity index (χ2v) is 5.65. The van der Waals surface area contributed by atoms with Crippen LogP contribution >= 0.6 is 0 Å². The fourth-order valence-electron chi connectivity index (χ4n) is 3.48. The van der Waals surface area contributed by atoms with Gasteiger partial charge in [-0.3, -0.25) is 4.98 Å². The van der Waals surface area contributed by atoms with Crippen LogP contribution in [0.4, 0.5) is 5.69 Å². The van der Waals surface area contributed by atoms with E-state index in [9.17, 15) is 0 Å². The van der Waals surface area contributed by atoms with Gasteiger partial charge in [-0.1, -0.05) is 6.42 Å². The molecule has 2 fully saturated rings. The van der Waals surface area contributed by atoms with Crippen LogP contribution < -0.4 is 5.32 Å². The third-order valence-electron chi connectivity index (χ3n) is 4.67. The maximum atomic E-state index is 5.87. The zero-order valence-electron chi connectivity index (χ0n) is 11.3. The Balaban J connectivity index is 1.68. The minimum Gasteiger partial charge on any atom is -0.381 e. The molecule has 0 aromatic carbocycles. The van der Waals surface area contributed by atoms with E-state index in [1.165, 1.54) is 24.9 Å². The van der Waals surface area contributed by atoms with Gasteiger partial charge in [-0.25, -0.2) is 0 Å². The van der Waals surface area contributed by atoms with Crippen molar-refractivity contribution in [3.05, 3.63) is 24.0 Å². The molecule has 1 N–H and O–H groups in total. The van der Waals surface area contributed by atoms with Gasteiger partial charge in [-0.15, -0.1) is 0 Å². The predicted octanol–water partition coefficient (Wildman–Crippen LogP) is 3.15. The molecule has 2 unspecified atom stereocenters. The van der Waals surface area contributed by atoms with Crippen molar-refractivity contribution in [3.8, 4) is 0 Å². The first kappa shape index (κ1) is 12.0. The number of nitrogens with zero attached hydrogens (tertiary/aromatic N) is 1. The highest BCUT2D eigenvalue weighted by Gasteiger charge is 2.58. The number of ether oxygens (including phenoxy) is 1. The minimum atomic E-state index is 0.424. The van der Waals surface area contributed by atoms with Crippen molar-refractivity contribution >= 4 is 5.69 Å². The van der Waals surface area contributed by atoms with Gasteiger partial charge < -0.3 is 10.1 Å². The maximum Gasteiger partial charge on any atom is 0.0670 e. The van der Waals surface area contributed by atoms with Crippen LogP contribution in [0.5, 0.6) is 0 Å². The molecular formula is C15H22N2O. The monoisotopic (exact) mass is 246 g/mol. The summed E-state index contributed by atoms with van der Waals surface area (Å²) in [6.07, 6.45) is 7.51. The van der Waals surface area contributed by atoms with Crippen LogP contribution in [-0.4, -0.2) is 23.7 Å². The van der Waals surface area contributed by atoms with Gasteiger partial charge in [0.2, 0.25) is 0 Å². The first-order valence-electron chi connectivity index (χ1n) is 7.05. The Labute approximate surface area is 109 Å². The molecule has 2 saturated carbocycles. The maximum absolute atomic E-state index is 5.87. The quantitative estimate of drug-likeness (QED) is 0.886. The first-order valence-corrected chi connectivity index (χ1v) is 7.05. The molecule has 3 heteroatoms. The normalized spacial score (nSPS) is 28.6. The van der Waals surface area contributed by atoms with Gasteiger partial charge in [0.05, 0.1) is 6.10 Å². The molecule has 1 aromatic heterocycles. The van der Waals surface area contributed by atoms with E-state index < -0.39 is 0 Å². The molecule has 0 radical (unpaired) electrons. The largest absolute Gasteiger partial charge is 0.381 e. The van der Waals surface area contributed by atoms with Crippen LogP contribution in [0.2, 0.25) is 0 Å². The number of hydrogen-bond acceptors (Lipinski definition) is 3. The first-order chi connectivity index (χ1) is 8.74. The summed E-state index contributed by atoms with van der Waals surface area (Å²) in [6.45, 7) is 4.97. The molecule has 1 spiro atoms. The third-order valence-corrected chi connectivity index (χ3v) is 4.67. The Morgan fingerprint density at radius 1 is 1.50 bits per heavy atom. The topological polar surface area (TPSA) is 34.1 Å². The summed E-state index contributed by atoms with van der Waals surface area (Å²) in [5.74, 6) is 0. The summed E-state index contributed by atoms with van der Waals surface area (Å²) in [5.41, 5.74) is 2.70. The molecule has 0 aliphatic heterocycles. The van der Waals surface area contributed by atoms with Gasteiger partial charge in [-0.05, 0) is 45.2 Å². The molecule has 0 bridgehead atoms. The SMILES string of the molecule is CCOC1CC(Nc2ccnc(C)c2)C12CCC2. The summed E-state index contributed by atoms with van der Waals surface area (Å²) in [7, 11) is 0. The number of rotatable bonds is 4. The summed E-state index contributed by atoms with van der Waals surface area (Å²) < 4.78 is 5.87. The van der Waals surface area contributed by atoms with Crippen LogP contribution in [0.1, 0.15) is 38.3 Å². The average Bonchev–Trinajstić information content (AvgIpc) is 2.25. The summed E-state index contributed by atoms with van der Waals surface area (Å²) >= 11 is 0. The van der Waals surface area contributed by atoms with Crippen LogP contribution in [0, 0.1) is 12.3 Å². The molecule has 3 nitrogen and oxygen atoms in total. The fraction of sp³-hybridized carbons (Fsp3) is 0.667. The van der Waals surface area contributed by atoms with E-state index >= 15 is 0 Å². The van der Waals surface area contributed by atoms with Crippen molar-refractivity contribution < 1.29 is 4.74 Å². The molecule has 18 heavy (non-hydrogen) atoms. The minimum absolute atomic E-state index is 0.424. The van der Waals surface area contributed by atoms with Gasteiger partial charge in [0, 0.05) is 35.6 Å². The number of aromatic nitrogens is 1. The Bertz CT molecular complexity index is 428. The number of hydrogen-bond donors (Lipinski definition) is 1. The van der Waals surface area contributed by atoms with E-state index in [1.54, 1.807) is 0 Å². The molecule has 2 atom stereocenters. The van der Waals surface area contributed by atoms with Crippen LogP contribution in [-0.2, 0) is 4.74 Å². The molecule has 1 aromatic rings. The molecule has 3 rings (SSSR count). The van der Waals surface area contributed by atoms with Crippen molar-refractivity contribution in [1.29, 1.82) is 0 Å². The standard InChI is InChI=1S/C15H22N2O/c1-3-18-14-10-13(15(14)6-4-7-15)17-12-5-8-16-11(2)9-12/h5,8-9,13-14H,3-4,6-7,10H2,1-2H3,(H,16,17). The van der Waals surface area contributed by atoms with Gasteiger partial charge in [0.25, 0.3) is 0 Å². The molecule has 0 amide bonds. The molecule has 0 saturated heterocycles. The third kappa shape index (κ3) is 1.81. The van der Waals surface area contributed by atoms with Crippen molar-refractivity contribution in [3.63, 3.8) is 0 Å². The smallest absolute Gasteiger partial charge is 0.0670 e. The zero-order valence-corrected chi connectivity index (χ0v) is 11.3. The van der Waals surface area contributed by atoms with Gasteiger partial charge >= 0.3 is 0 Å². The van der Waals surface area contributed by atoms with Gasteiger partial charge in [0.15, 0.2) is 0 Å². The van der Waals surface area contributed by atoms with Gasteiger partial charge in [-0.2, -0.15) is 0 Å². The number of pyridine rings is 1. The number of anilines is 1. The summed E-state index contributed by atoms with van der Waals surface area (Å²) in [6, 6.07) is 4.78. The number of aryl methyl sites for hydroxylation is 1. The van der Waals surface area contributed by atoms with Crippen molar-refractivity contribution in [2.45, 2.75) is 51.7 Å². The Morgan fingerprint density at radius 2 is 2.33 bits per heavy atom. The molecule has 1 heterocycles. The predicted molar refractivity (Wildman–Crippen MR) is 72.7 cm³/mol. The van der Waals surface area contributed by atoms with E-state index in [0.29, 0.717) is 17.6 Å². The highest BCUT2D eigenvalue weighted by atomic mass is 16.5. The van der Waals surface area contributed by atoms with Crippen LogP contribution in [0.3, 0.4) is 0 Å². The van der Waals surface area contributed by atoms with E-state index in [4.69, 9.17) is 4.74 Å². The van der Waals surface area contributed by atoms with Crippen LogP contribution in [0.15, 0.2) is 18.3 Å². The summed E-state index contributed by atoms with van der Waals surface area (Å²) in [4.78, 5) is 4.24. The lowest BCUT2D eigenvalue weighted by atomic mass is 9.51. The fourth-order valence-corrected chi connectivity index (χ4v) is 3.48. The molecule has 98 valence electrons. The van der Waals surface area contributed by atoms with E-state index in [2.05, 4.69) is 29.4 Å². The van der Waals surface area contributed by atoms with Crippen LogP contribution in [0.25, 0.3) is 0 Å². The summed E-state index contributed by atoms with van der Waals surface area (Å²) in [5, 5.41) is 3.68.